The second kappa shape index (κ2) is 7.34. The van der Waals surface area contributed by atoms with Gasteiger partial charge in [-0.25, -0.2) is 0 Å². The van der Waals surface area contributed by atoms with Gasteiger partial charge in [0.2, 0.25) is 0 Å². The molecule has 0 saturated carbocycles. The second-order valence-electron chi connectivity index (χ2n) is 4.98. The van der Waals surface area contributed by atoms with Crippen LogP contribution in [0.5, 0.6) is 0 Å². The number of hydrogen-bond acceptors (Lipinski definition) is 2. The summed E-state index contributed by atoms with van der Waals surface area (Å²) in [4.78, 5) is 0. The van der Waals surface area contributed by atoms with Crippen LogP contribution in [0, 0.1) is 0 Å². The van der Waals surface area contributed by atoms with Gasteiger partial charge in [0.25, 0.3) is 0 Å². The summed E-state index contributed by atoms with van der Waals surface area (Å²) in [7, 11) is 0. The number of nitrogens with one attached hydrogen (secondary N) is 2. The quantitative estimate of drug-likeness (QED) is 0.830. The smallest absolute Gasteiger partial charge is 0.0208 e. The molecule has 1 saturated heterocycles. The SMILES string of the molecule is Cl.Cl.c1cc2c(cc1C1CCNCC1)CCNC2. The maximum atomic E-state index is 3.44. The lowest BCUT2D eigenvalue weighted by Crippen LogP contribution is -2.27. The number of benzene rings is 1. The van der Waals surface area contributed by atoms with Gasteiger partial charge in [0, 0.05) is 6.54 Å². The summed E-state index contributed by atoms with van der Waals surface area (Å²) in [6, 6.07) is 7.15. The van der Waals surface area contributed by atoms with Crippen LogP contribution in [-0.4, -0.2) is 19.6 Å². The van der Waals surface area contributed by atoms with Gasteiger partial charge in [-0.2, -0.15) is 0 Å². The van der Waals surface area contributed by atoms with E-state index >= 15 is 0 Å². The summed E-state index contributed by atoms with van der Waals surface area (Å²) in [6.45, 7) is 4.57. The monoisotopic (exact) mass is 288 g/mol. The van der Waals surface area contributed by atoms with Crippen molar-refractivity contribution in [3.05, 3.63) is 34.9 Å². The number of piperidine rings is 1. The third kappa shape index (κ3) is 3.39. The molecule has 2 aliphatic rings. The number of rotatable bonds is 1. The normalized spacial score (nSPS) is 19.3. The summed E-state index contributed by atoms with van der Waals surface area (Å²) in [5.41, 5.74) is 4.65. The molecular weight excluding hydrogens is 267 g/mol. The van der Waals surface area contributed by atoms with Crippen molar-refractivity contribution in [2.24, 2.45) is 0 Å². The fraction of sp³-hybridized carbons (Fsp3) is 0.571. The first-order chi connectivity index (χ1) is 7.93. The summed E-state index contributed by atoms with van der Waals surface area (Å²) in [6.07, 6.45) is 3.81. The molecule has 0 amide bonds. The molecule has 2 nitrogen and oxygen atoms in total. The molecule has 0 aliphatic carbocycles. The van der Waals surface area contributed by atoms with E-state index in [1.807, 2.05) is 0 Å². The molecule has 4 heteroatoms. The minimum absolute atomic E-state index is 0. The van der Waals surface area contributed by atoms with Crippen molar-refractivity contribution in [3.63, 3.8) is 0 Å². The van der Waals surface area contributed by atoms with Crippen LogP contribution < -0.4 is 10.6 Å². The third-order valence-corrected chi connectivity index (χ3v) is 3.93. The van der Waals surface area contributed by atoms with Gasteiger partial charge in [-0.1, -0.05) is 18.2 Å². The Labute approximate surface area is 122 Å². The van der Waals surface area contributed by atoms with Gasteiger partial charge in [-0.15, -0.1) is 24.8 Å². The van der Waals surface area contributed by atoms with Crippen LogP contribution in [0.15, 0.2) is 18.2 Å². The molecule has 102 valence electrons. The molecule has 0 aromatic heterocycles. The van der Waals surface area contributed by atoms with Crippen LogP contribution >= 0.6 is 24.8 Å². The molecule has 3 rings (SSSR count). The van der Waals surface area contributed by atoms with E-state index in [1.54, 1.807) is 11.1 Å². The highest BCUT2D eigenvalue weighted by molar-refractivity contribution is 5.85. The maximum Gasteiger partial charge on any atom is 0.0208 e. The molecule has 2 aliphatic heterocycles. The van der Waals surface area contributed by atoms with Crippen LogP contribution in [0.4, 0.5) is 0 Å². The lowest BCUT2D eigenvalue weighted by atomic mass is 9.87. The van der Waals surface area contributed by atoms with Crippen molar-refractivity contribution >= 4 is 24.8 Å². The fourth-order valence-electron chi connectivity index (χ4n) is 2.91. The van der Waals surface area contributed by atoms with E-state index in [9.17, 15) is 0 Å². The predicted octanol–water partition coefficient (Wildman–Crippen LogP) is 2.64. The van der Waals surface area contributed by atoms with E-state index < -0.39 is 0 Å². The van der Waals surface area contributed by atoms with Crippen LogP contribution in [-0.2, 0) is 13.0 Å². The largest absolute Gasteiger partial charge is 0.317 e. The van der Waals surface area contributed by atoms with E-state index in [2.05, 4.69) is 28.8 Å². The Kier molecular flexibility index (Phi) is 6.44. The van der Waals surface area contributed by atoms with Gasteiger partial charge >= 0.3 is 0 Å². The lowest BCUT2D eigenvalue weighted by Gasteiger charge is -2.25. The predicted molar refractivity (Wildman–Crippen MR) is 81.2 cm³/mol. The molecule has 18 heavy (non-hydrogen) atoms. The van der Waals surface area contributed by atoms with E-state index in [4.69, 9.17) is 0 Å². The molecule has 0 radical (unpaired) electrons. The van der Waals surface area contributed by atoms with Crippen LogP contribution in [0.25, 0.3) is 0 Å². The van der Waals surface area contributed by atoms with Crippen molar-refractivity contribution in [1.29, 1.82) is 0 Å². The van der Waals surface area contributed by atoms with Crippen LogP contribution in [0.2, 0.25) is 0 Å². The van der Waals surface area contributed by atoms with Crippen molar-refractivity contribution < 1.29 is 0 Å². The molecule has 2 N–H and O–H groups in total. The first kappa shape index (κ1) is 15.8. The average Bonchev–Trinajstić information content (AvgIpc) is 2.39. The topological polar surface area (TPSA) is 24.1 Å². The molecule has 1 aromatic rings. The van der Waals surface area contributed by atoms with Crippen LogP contribution in [0.3, 0.4) is 0 Å². The molecular formula is C14H22Cl2N2. The second-order valence-corrected chi connectivity index (χ2v) is 4.98. The highest BCUT2D eigenvalue weighted by atomic mass is 35.5. The molecule has 2 heterocycles. The standard InChI is InChI=1S/C14H20N2.2ClH/c1-2-14-10-16-8-5-13(14)9-12(1)11-3-6-15-7-4-11;;/h1-2,9,11,15-16H,3-8,10H2;2*1H. The Balaban J connectivity index is 0.000000810. The van der Waals surface area contributed by atoms with Gasteiger partial charge in [-0.3, -0.25) is 0 Å². The Bertz CT molecular complexity index is 376. The lowest BCUT2D eigenvalue weighted by molar-refractivity contribution is 0.460. The zero-order valence-electron chi connectivity index (χ0n) is 10.6. The van der Waals surface area contributed by atoms with Crippen molar-refractivity contribution in [2.75, 3.05) is 19.6 Å². The molecule has 0 bridgehead atoms. The number of halogens is 2. The van der Waals surface area contributed by atoms with Crippen molar-refractivity contribution in [2.45, 2.75) is 31.7 Å². The van der Waals surface area contributed by atoms with E-state index in [-0.39, 0.29) is 24.8 Å². The number of fused-ring (bicyclic) bond motifs is 1. The molecule has 0 unspecified atom stereocenters. The summed E-state index contributed by atoms with van der Waals surface area (Å²) >= 11 is 0. The Morgan fingerprint density at radius 2 is 1.67 bits per heavy atom. The first-order valence-corrected chi connectivity index (χ1v) is 6.46. The molecule has 0 spiro atoms. The summed E-state index contributed by atoms with van der Waals surface area (Å²) in [5, 5.41) is 6.87. The van der Waals surface area contributed by atoms with Crippen molar-refractivity contribution in [3.8, 4) is 0 Å². The van der Waals surface area contributed by atoms with E-state index in [0.717, 1.165) is 19.0 Å². The van der Waals surface area contributed by atoms with Gasteiger partial charge in [0.1, 0.15) is 0 Å². The zero-order chi connectivity index (χ0) is 10.8. The van der Waals surface area contributed by atoms with Gasteiger partial charge in [-0.05, 0) is 61.5 Å². The number of hydrogen-bond donors (Lipinski definition) is 2. The molecule has 0 atom stereocenters. The Hall–Kier alpha value is -0.280. The molecule has 1 fully saturated rings. The average molecular weight is 289 g/mol. The fourth-order valence-corrected chi connectivity index (χ4v) is 2.91. The Morgan fingerprint density at radius 3 is 2.44 bits per heavy atom. The highest BCUT2D eigenvalue weighted by Gasteiger charge is 2.17. The highest BCUT2D eigenvalue weighted by Crippen LogP contribution is 2.27. The van der Waals surface area contributed by atoms with Gasteiger partial charge in [0.15, 0.2) is 0 Å². The van der Waals surface area contributed by atoms with Gasteiger partial charge in [0.05, 0.1) is 0 Å². The van der Waals surface area contributed by atoms with Crippen LogP contribution in [0.1, 0.15) is 35.4 Å². The zero-order valence-corrected chi connectivity index (χ0v) is 12.2. The van der Waals surface area contributed by atoms with Gasteiger partial charge < -0.3 is 10.6 Å². The Morgan fingerprint density at radius 1 is 0.889 bits per heavy atom. The maximum absolute atomic E-state index is 3.44. The minimum atomic E-state index is 0. The summed E-state index contributed by atoms with van der Waals surface area (Å²) in [5.74, 6) is 0.793. The summed E-state index contributed by atoms with van der Waals surface area (Å²) < 4.78 is 0. The third-order valence-electron chi connectivity index (χ3n) is 3.93. The van der Waals surface area contributed by atoms with E-state index in [1.165, 1.54) is 37.9 Å². The van der Waals surface area contributed by atoms with E-state index in [0.29, 0.717) is 0 Å². The molecule has 1 aromatic carbocycles. The minimum Gasteiger partial charge on any atom is -0.317 e. The first-order valence-electron chi connectivity index (χ1n) is 6.46. The van der Waals surface area contributed by atoms with Crippen molar-refractivity contribution in [1.82, 2.24) is 10.6 Å².